The Labute approximate surface area is 179 Å². The first-order valence-electron chi connectivity index (χ1n) is 8.89. The Morgan fingerprint density at radius 1 is 1.03 bits per heavy atom. The van der Waals surface area contributed by atoms with E-state index in [4.69, 9.17) is 19.5 Å². The number of nitrogens with one attached hydrogen (secondary N) is 1. The molecule has 0 aliphatic rings. The van der Waals surface area contributed by atoms with Gasteiger partial charge in [0.2, 0.25) is 5.88 Å². The second kappa shape index (κ2) is 8.34. The molecule has 0 radical (unpaired) electrons. The number of halogens is 1. The number of aryl methyl sites for hydroxylation is 1. The number of nitrogens with zero attached hydrogens (tertiary/aromatic N) is 5. The van der Waals surface area contributed by atoms with Gasteiger partial charge < -0.3 is 19.2 Å². The lowest BCUT2D eigenvalue weighted by Crippen LogP contribution is -1.97. The highest BCUT2D eigenvalue weighted by atomic mass is 79.9. The smallest absolute Gasteiger partial charge is 0.327 e. The van der Waals surface area contributed by atoms with Gasteiger partial charge in [-0.3, -0.25) is 9.97 Å². The molecule has 0 fully saturated rings. The summed E-state index contributed by atoms with van der Waals surface area (Å²) in [7, 11) is 1.55. The van der Waals surface area contributed by atoms with Gasteiger partial charge in [-0.25, -0.2) is 0 Å². The minimum atomic E-state index is 0.0432. The molecule has 0 aromatic carbocycles. The summed E-state index contributed by atoms with van der Waals surface area (Å²) < 4.78 is 17.8. The van der Waals surface area contributed by atoms with E-state index in [0.717, 1.165) is 16.6 Å². The average molecular weight is 467 g/mol. The number of aromatic amines is 1. The summed E-state index contributed by atoms with van der Waals surface area (Å²) in [6.07, 6.45) is 6.80. The number of fused-ring (bicyclic) bond motifs is 1. The SMILES string of the molecule is CCc1[nH]c2nc(Oc3cncc(C#N)c3)nc(Oc3cncc(OC)c3)c2c1Br. The third-order valence-electron chi connectivity index (χ3n) is 4.15. The number of pyridine rings is 2. The molecule has 0 saturated heterocycles. The highest BCUT2D eigenvalue weighted by Gasteiger charge is 2.19. The van der Waals surface area contributed by atoms with Gasteiger partial charge in [0.25, 0.3) is 0 Å². The molecule has 4 heterocycles. The third kappa shape index (κ3) is 3.88. The van der Waals surface area contributed by atoms with Crippen molar-refractivity contribution in [2.24, 2.45) is 0 Å². The van der Waals surface area contributed by atoms with Crippen LogP contribution < -0.4 is 14.2 Å². The summed E-state index contributed by atoms with van der Waals surface area (Å²) in [5.74, 6) is 1.61. The molecule has 0 aliphatic carbocycles. The van der Waals surface area contributed by atoms with Crippen LogP contribution in [-0.4, -0.2) is 32.0 Å². The Balaban J connectivity index is 1.79. The van der Waals surface area contributed by atoms with E-state index < -0.39 is 0 Å². The Morgan fingerprint density at radius 3 is 2.50 bits per heavy atom. The van der Waals surface area contributed by atoms with Crippen molar-refractivity contribution in [1.82, 2.24) is 24.9 Å². The van der Waals surface area contributed by atoms with Crippen molar-refractivity contribution >= 4 is 27.0 Å². The van der Waals surface area contributed by atoms with Gasteiger partial charge in [0.15, 0.2) is 11.5 Å². The van der Waals surface area contributed by atoms with Crippen molar-refractivity contribution in [2.75, 3.05) is 7.11 Å². The third-order valence-corrected chi connectivity index (χ3v) is 5.03. The fourth-order valence-electron chi connectivity index (χ4n) is 2.74. The van der Waals surface area contributed by atoms with E-state index in [2.05, 4.69) is 40.8 Å². The minimum Gasteiger partial charge on any atom is -0.495 e. The van der Waals surface area contributed by atoms with Gasteiger partial charge in [0.05, 0.1) is 41.1 Å². The maximum atomic E-state index is 9.06. The maximum absolute atomic E-state index is 9.06. The Morgan fingerprint density at radius 2 is 1.77 bits per heavy atom. The van der Waals surface area contributed by atoms with Crippen molar-refractivity contribution in [2.45, 2.75) is 13.3 Å². The molecule has 4 rings (SSSR count). The van der Waals surface area contributed by atoms with Crippen LogP contribution in [0.2, 0.25) is 0 Å². The molecule has 4 aromatic rings. The van der Waals surface area contributed by atoms with E-state index in [9.17, 15) is 0 Å². The molecule has 1 N–H and O–H groups in total. The largest absolute Gasteiger partial charge is 0.495 e. The van der Waals surface area contributed by atoms with Crippen molar-refractivity contribution in [3.05, 3.63) is 52.7 Å². The lowest BCUT2D eigenvalue weighted by atomic mass is 10.3. The number of nitriles is 1. The molecule has 150 valence electrons. The van der Waals surface area contributed by atoms with Crippen LogP contribution in [0, 0.1) is 11.3 Å². The van der Waals surface area contributed by atoms with Gasteiger partial charge >= 0.3 is 6.01 Å². The Bertz CT molecular complexity index is 1270. The van der Waals surface area contributed by atoms with E-state index in [1.54, 1.807) is 31.6 Å². The number of ether oxygens (including phenoxy) is 3. The fraction of sp³-hybridized carbons (Fsp3) is 0.150. The lowest BCUT2D eigenvalue weighted by molar-refractivity contribution is 0.399. The zero-order valence-corrected chi connectivity index (χ0v) is 17.6. The summed E-state index contributed by atoms with van der Waals surface area (Å²) in [6, 6.07) is 5.31. The first-order chi connectivity index (χ1) is 14.6. The number of methoxy groups -OCH3 is 1. The van der Waals surface area contributed by atoms with Gasteiger partial charge in [-0.2, -0.15) is 15.2 Å². The molecular weight excluding hydrogens is 452 g/mol. The molecule has 0 aliphatic heterocycles. The van der Waals surface area contributed by atoms with E-state index in [1.165, 1.54) is 12.4 Å². The number of hydrogen-bond acceptors (Lipinski definition) is 8. The van der Waals surface area contributed by atoms with Crippen LogP contribution in [0.3, 0.4) is 0 Å². The zero-order valence-electron chi connectivity index (χ0n) is 16.0. The van der Waals surface area contributed by atoms with Crippen molar-refractivity contribution < 1.29 is 14.2 Å². The molecule has 4 aromatic heterocycles. The molecule has 0 unspecified atom stereocenters. The van der Waals surface area contributed by atoms with Gasteiger partial charge in [0.1, 0.15) is 17.5 Å². The summed E-state index contributed by atoms with van der Waals surface area (Å²) in [6.45, 7) is 2.02. The average Bonchev–Trinajstić information content (AvgIpc) is 3.09. The van der Waals surface area contributed by atoms with Crippen LogP contribution in [0.25, 0.3) is 11.0 Å². The van der Waals surface area contributed by atoms with E-state index in [-0.39, 0.29) is 11.9 Å². The van der Waals surface area contributed by atoms with Gasteiger partial charge in [-0.15, -0.1) is 0 Å². The zero-order chi connectivity index (χ0) is 21.1. The van der Waals surface area contributed by atoms with Crippen molar-refractivity contribution in [1.29, 1.82) is 5.26 Å². The fourth-order valence-corrected chi connectivity index (χ4v) is 3.48. The normalized spacial score (nSPS) is 10.6. The minimum absolute atomic E-state index is 0.0432. The second-order valence-corrected chi connectivity index (χ2v) is 6.88. The highest BCUT2D eigenvalue weighted by molar-refractivity contribution is 9.10. The van der Waals surface area contributed by atoms with Gasteiger partial charge in [-0.1, -0.05) is 6.92 Å². The van der Waals surface area contributed by atoms with Crippen LogP contribution in [0.1, 0.15) is 18.2 Å². The summed E-state index contributed by atoms with van der Waals surface area (Å²) >= 11 is 3.60. The predicted molar refractivity (Wildman–Crippen MR) is 111 cm³/mol. The monoisotopic (exact) mass is 466 g/mol. The molecule has 30 heavy (non-hydrogen) atoms. The summed E-state index contributed by atoms with van der Waals surface area (Å²) in [5.41, 5.74) is 1.85. The number of H-pyrrole nitrogens is 1. The number of hydrogen-bond donors (Lipinski definition) is 1. The van der Waals surface area contributed by atoms with Crippen molar-refractivity contribution in [3.8, 4) is 35.2 Å². The van der Waals surface area contributed by atoms with Crippen molar-refractivity contribution in [3.63, 3.8) is 0 Å². The highest BCUT2D eigenvalue weighted by Crippen LogP contribution is 2.37. The Hall–Kier alpha value is -3.71. The van der Waals surface area contributed by atoms with Crippen LogP contribution in [-0.2, 0) is 6.42 Å². The van der Waals surface area contributed by atoms with Crippen LogP contribution in [0.15, 0.2) is 41.4 Å². The van der Waals surface area contributed by atoms with Crippen LogP contribution in [0.4, 0.5) is 0 Å². The van der Waals surface area contributed by atoms with Crippen LogP contribution in [0.5, 0.6) is 29.1 Å². The predicted octanol–water partition coefficient (Wildman–Crippen LogP) is 4.54. The van der Waals surface area contributed by atoms with Gasteiger partial charge in [-0.05, 0) is 22.4 Å². The number of aromatic nitrogens is 5. The standard InChI is InChI=1S/C20H15BrN6O3/c1-3-15-17(21)16-18(25-15)26-20(30-13-4-11(6-22)7-23-9-13)27-19(16)29-14-5-12(28-2)8-24-10-14/h4-5,7-10H,3H2,1-2H3,(H,25,26,27). The summed E-state index contributed by atoms with van der Waals surface area (Å²) in [5, 5.41) is 9.73. The first-order valence-corrected chi connectivity index (χ1v) is 9.68. The van der Waals surface area contributed by atoms with Crippen LogP contribution >= 0.6 is 15.9 Å². The lowest BCUT2D eigenvalue weighted by Gasteiger charge is -2.09. The molecule has 0 saturated carbocycles. The molecule has 0 bridgehead atoms. The Kier molecular flexibility index (Phi) is 5.45. The van der Waals surface area contributed by atoms with E-state index >= 15 is 0 Å². The molecule has 9 nitrogen and oxygen atoms in total. The topological polar surface area (TPSA) is 119 Å². The molecule has 0 spiro atoms. The van der Waals surface area contributed by atoms with E-state index in [1.807, 2.05) is 13.0 Å². The quantitative estimate of drug-likeness (QED) is 0.439. The second-order valence-electron chi connectivity index (χ2n) is 6.09. The molecule has 0 amide bonds. The molecule has 10 heteroatoms. The molecular formula is C20H15BrN6O3. The van der Waals surface area contributed by atoms with Gasteiger partial charge in [0, 0.05) is 24.0 Å². The van der Waals surface area contributed by atoms with E-state index in [0.29, 0.717) is 33.8 Å². The molecule has 0 atom stereocenters. The summed E-state index contributed by atoms with van der Waals surface area (Å²) in [4.78, 5) is 20.2. The first kappa shape index (κ1) is 19.6. The number of rotatable bonds is 6. The maximum Gasteiger partial charge on any atom is 0.327 e.